The zero-order valence-electron chi connectivity index (χ0n) is 18.1. The van der Waals surface area contributed by atoms with E-state index in [1.807, 2.05) is 18.2 Å². The Morgan fingerprint density at radius 1 is 1.21 bits per heavy atom. The van der Waals surface area contributed by atoms with Gasteiger partial charge >= 0.3 is 6.09 Å². The van der Waals surface area contributed by atoms with E-state index in [0.717, 1.165) is 27.7 Å². The number of imidazole rings is 1. The smallest absolute Gasteiger partial charge is 0.409 e. The van der Waals surface area contributed by atoms with E-state index in [-0.39, 0.29) is 6.09 Å². The summed E-state index contributed by atoms with van der Waals surface area (Å²) in [5.41, 5.74) is 4.39. The Morgan fingerprint density at radius 2 is 2.06 bits per heavy atom. The summed E-state index contributed by atoms with van der Waals surface area (Å²) in [6, 6.07) is 5.89. The lowest BCUT2D eigenvalue weighted by molar-refractivity contribution is 0.121. The number of carbonyl (C=O) groups excluding carboxylic acids is 1. The highest BCUT2D eigenvalue weighted by Crippen LogP contribution is 2.35. The van der Waals surface area contributed by atoms with Crippen LogP contribution in [0.15, 0.2) is 37.1 Å². The van der Waals surface area contributed by atoms with E-state index in [4.69, 9.17) is 16.3 Å². The highest BCUT2D eigenvalue weighted by molar-refractivity contribution is 6.36. The van der Waals surface area contributed by atoms with Crippen LogP contribution in [-0.4, -0.2) is 75.7 Å². The van der Waals surface area contributed by atoms with Gasteiger partial charge in [0.05, 0.1) is 29.7 Å². The molecule has 1 saturated heterocycles. The van der Waals surface area contributed by atoms with E-state index in [9.17, 15) is 4.79 Å². The van der Waals surface area contributed by atoms with E-state index >= 15 is 0 Å². The number of amides is 1. The van der Waals surface area contributed by atoms with Gasteiger partial charge in [-0.25, -0.2) is 19.7 Å². The average molecular weight is 467 g/mol. The van der Waals surface area contributed by atoms with Crippen LogP contribution in [0, 0.1) is 0 Å². The first-order chi connectivity index (χ1) is 16.2. The lowest BCUT2D eigenvalue weighted by atomic mass is 10.0. The van der Waals surface area contributed by atoms with Gasteiger partial charge in [-0.2, -0.15) is 0 Å². The molecule has 2 N–H and O–H groups in total. The Morgan fingerprint density at radius 3 is 2.88 bits per heavy atom. The molecule has 1 amide bonds. The Labute approximate surface area is 195 Å². The topological polar surface area (TPSA) is 112 Å². The van der Waals surface area contributed by atoms with Gasteiger partial charge in [-0.1, -0.05) is 11.6 Å². The fourth-order valence-corrected chi connectivity index (χ4v) is 4.52. The number of rotatable bonds is 5. The van der Waals surface area contributed by atoms with Crippen LogP contribution >= 0.6 is 11.6 Å². The number of nitrogens with one attached hydrogen (secondary N) is 2. The second-order valence-electron chi connectivity index (χ2n) is 7.71. The summed E-state index contributed by atoms with van der Waals surface area (Å²) >= 11 is 6.63. The second kappa shape index (κ2) is 9.07. The predicted molar refractivity (Wildman–Crippen MR) is 127 cm³/mol. The van der Waals surface area contributed by atoms with Crippen molar-refractivity contribution >= 4 is 51.3 Å². The van der Waals surface area contributed by atoms with Crippen molar-refractivity contribution < 1.29 is 9.53 Å². The Hall–Kier alpha value is -3.66. The number of anilines is 2. The molecule has 0 radical (unpaired) electrons. The largest absolute Gasteiger partial charge is 0.453 e. The molecule has 1 aromatic carbocycles. The summed E-state index contributed by atoms with van der Waals surface area (Å²) in [7, 11) is 1.41. The number of benzene rings is 1. The summed E-state index contributed by atoms with van der Waals surface area (Å²) in [5.74, 6) is 0.704. The molecule has 5 rings (SSSR count). The van der Waals surface area contributed by atoms with E-state index in [1.54, 1.807) is 17.4 Å². The number of methoxy groups -OCH3 is 1. The molecule has 4 aromatic rings. The number of pyridine rings is 1. The molecule has 0 saturated carbocycles. The first kappa shape index (κ1) is 21.2. The Bertz CT molecular complexity index is 1300. The van der Waals surface area contributed by atoms with E-state index < -0.39 is 0 Å². The first-order valence-electron chi connectivity index (χ1n) is 10.7. The van der Waals surface area contributed by atoms with Crippen molar-refractivity contribution in [2.24, 2.45) is 0 Å². The van der Waals surface area contributed by atoms with Crippen molar-refractivity contribution in [3.63, 3.8) is 0 Å². The number of H-pyrrole nitrogens is 1. The van der Waals surface area contributed by atoms with Crippen molar-refractivity contribution in [1.82, 2.24) is 29.8 Å². The number of piperazine rings is 1. The van der Waals surface area contributed by atoms with Crippen LogP contribution in [0.1, 0.15) is 5.56 Å². The summed E-state index contributed by atoms with van der Waals surface area (Å²) < 4.78 is 4.87. The number of hydrogen-bond donors (Lipinski definition) is 2. The van der Waals surface area contributed by atoms with Crippen molar-refractivity contribution in [3.05, 3.63) is 47.6 Å². The van der Waals surface area contributed by atoms with Gasteiger partial charge in [-0.05, 0) is 30.2 Å². The molecule has 4 heterocycles. The fourth-order valence-electron chi connectivity index (χ4n) is 4.24. The third-order valence-electron chi connectivity index (χ3n) is 5.83. The zero-order chi connectivity index (χ0) is 22.8. The van der Waals surface area contributed by atoms with Crippen LogP contribution in [0.2, 0.25) is 5.02 Å². The van der Waals surface area contributed by atoms with Crippen LogP contribution in [0.3, 0.4) is 0 Å². The van der Waals surface area contributed by atoms with Gasteiger partial charge in [0.2, 0.25) is 0 Å². The quantitative estimate of drug-likeness (QED) is 0.461. The number of ether oxygens (including phenoxy) is 1. The molecular weight excluding hydrogens is 444 g/mol. The molecule has 3 aromatic heterocycles. The molecule has 0 bridgehead atoms. The molecule has 0 unspecified atom stereocenters. The van der Waals surface area contributed by atoms with Gasteiger partial charge in [0.25, 0.3) is 0 Å². The van der Waals surface area contributed by atoms with Gasteiger partial charge in [-0.3, -0.25) is 4.98 Å². The van der Waals surface area contributed by atoms with Crippen molar-refractivity contribution in [2.75, 3.05) is 50.1 Å². The lowest BCUT2D eigenvalue weighted by Gasteiger charge is -2.36. The van der Waals surface area contributed by atoms with Crippen molar-refractivity contribution in [2.45, 2.75) is 6.42 Å². The van der Waals surface area contributed by atoms with Crippen LogP contribution in [0.25, 0.3) is 22.1 Å². The standard InChI is InChI=1S/C22H23ClN8O2/c1-33-22(32)31-9-7-30(8-10-31)19-14(11-16(23)15-3-2-5-24-17(15)19)4-6-25-20-18-21(27-12-26-18)29-13-28-20/h2-3,5,11-13H,4,6-10H2,1H3,(H2,25,26,27,28,29). The molecule has 1 aliphatic rings. The van der Waals surface area contributed by atoms with Crippen LogP contribution in [0.4, 0.5) is 16.3 Å². The molecule has 10 nitrogen and oxygen atoms in total. The number of fused-ring (bicyclic) bond motifs is 2. The number of halogens is 1. The van der Waals surface area contributed by atoms with Gasteiger partial charge < -0.3 is 24.8 Å². The lowest BCUT2D eigenvalue weighted by Crippen LogP contribution is -2.49. The molecule has 0 spiro atoms. The van der Waals surface area contributed by atoms with Crippen LogP contribution in [0.5, 0.6) is 0 Å². The predicted octanol–water partition coefficient (Wildman–Crippen LogP) is 3.10. The van der Waals surface area contributed by atoms with Gasteiger partial charge in [-0.15, -0.1) is 0 Å². The normalized spacial score (nSPS) is 14.1. The molecule has 1 fully saturated rings. The molecule has 1 aliphatic heterocycles. The minimum atomic E-state index is -0.298. The minimum absolute atomic E-state index is 0.298. The van der Waals surface area contributed by atoms with E-state index in [1.165, 1.54) is 13.4 Å². The fraction of sp³-hybridized carbons (Fsp3) is 0.318. The highest BCUT2D eigenvalue weighted by Gasteiger charge is 2.25. The summed E-state index contributed by atoms with van der Waals surface area (Å²) in [6.07, 6.45) is 5.29. The van der Waals surface area contributed by atoms with Crippen LogP contribution in [-0.2, 0) is 11.2 Å². The molecule has 170 valence electrons. The van der Waals surface area contributed by atoms with E-state index in [0.29, 0.717) is 55.6 Å². The first-order valence-corrected chi connectivity index (χ1v) is 11.1. The SMILES string of the molecule is COC(=O)N1CCN(c2c(CCNc3ncnc4nc[nH]c34)cc(Cl)c3cccnc23)CC1. The number of nitrogens with zero attached hydrogens (tertiary/aromatic N) is 6. The molecule has 0 atom stereocenters. The third-order valence-corrected chi connectivity index (χ3v) is 6.15. The Balaban J connectivity index is 1.42. The summed E-state index contributed by atoms with van der Waals surface area (Å²) in [5, 5.41) is 4.96. The number of aromatic amines is 1. The monoisotopic (exact) mass is 466 g/mol. The maximum Gasteiger partial charge on any atom is 0.409 e. The number of aromatic nitrogens is 5. The van der Waals surface area contributed by atoms with Crippen molar-refractivity contribution in [3.8, 4) is 0 Å². The molecule has 33 heavy (non-hydrogen) atoms. The zero-order valence-corrected chi connectivity index (χ0v) is 18.8. The maximum absolute atomic E-state index is 11.9. The second-order valence-corrected chi connectivity index (χ2v) is 8.12. The van der Waals surface area contributed by atoms with Crippen LogP contribution < -0.4 is 10.2 Å². The number of carbonyl (C=O) groups is 1. The number of hydrogen-bond acceptors (Lipinski definition) is 8. The van der Waals surface area contributed by atoms with Crippen molar-refractivity contribution in [1.29, 1.82) is 0 Å². The summed E-state index contributed by atoms with van der Waals surface area (Å²) in [4.78, 5) is 36.3. The van der Waals surface area contributed by atoms with Gasteiger partial charge in [0, 0.05) is 44.3 Å². The minimum Gasteiger partial charge on any atom is -0.453 e. The van der Waals surface area contributed by atoms with E-state index in [2.05, 4.69) is 35.1 Å². The molecule has 11 heteroatoms. The van der Waals surface area contributed by atoms with Gasteiger partial charge in [0.1, 0.15) is 11.8 Å². The van der Waals surface area contributed by atoms with Gasteiger partial charge in [0.15, 0.2) is 11.5 Å². The maximum atomic E-state index is 11.9. The Kier molecular flexibility index (Phi) is 5.82. The average Bonchev–Trinajstić information content (AvgIpc) is 3.34. The highest BCUT2D eigenvalue weighted by atomic mass is 35.5. The molecular formula is C22H23ClN8O2. The molecule has 0 aliphatic carbocycles. The third kappa shape index (κ3) is 4.09. The summed E-state index contributed by atoms with van der Waals surface area (Å²) in [6.45, 7) is 3.17.